The van der Waals surface area contributed by atoms with Crippen molar-refractivity contribution in [2.45, 2.75) is 268 Å². The molecule has 17 amide bonds. The maximum atomic E-state index is 15.2. The van der Waals surface area contributed by atoms with Crippen molar-refractivity contribution in [2.75, 3.05) is 39.3 Å². The first kappa shape index (κ1) is 112. The van der Waals surface area contributed by atoms with Crippen LogP contribution in [0.2, 0.25) is 0 Å². The molecule has 5 rings (SSSR count). The molecule has 0 aliphatic carbocycles. The molecular weight excluding hydrogens is 1730 g/mol. The molecular formula is C94H142N22O18. The predicted octanol–water partition coefficient (Wildman–Crippen LogP) is -1.94. The molecule has 0 unspecified atom stereocenters. The number of benzene rings is 5. The molecule has 31 N–H and O–H groups in total. The lowest BCUT2D eigenvalue weighted by Crippen LogP contribution is -2.61. The molecule has 40 nitrogen and oxygen atoms in total. The summed E-state index contributed by atoms with van der Waals surface area (Å²) in [6.45, 7) is 11.0. The minimum atomic E-state index is -1.85. The lowest BCUT2D eigenvalue weighted by Gasteiger charge is -2.29. The molecule has 0 aromatic heterocycles. The Bertz CT molecular complexity index is 4730. The number of nitrogens with two attached hydrogens (primary N) is 8. The number of aliphatic hydroxyl groups excluding tert-OH is 1. The summed E-state index contributed by atoms with van der Waals surface area (Å²) in [7, 11) is 0. The van der Waals surface area contributed by atoms with E-state index in [0.717, 1.165) is 10.8 Å². The molecule has 0 saturated heterocycles. The van der Waals surface area contributed by atoms with Crippen molar-refractivity contribution in [1.82, 2.24) is 74.4 Å². The Labute approximate surface area is 782 Å². The van der Waals surface area contributed by atoms with E-state index in [1.54, 1.807) is 124 Å². The summed E-state index contributed by atoms with van der Waals surface area (Å²) in [5.74, 6) is -16.7. The molecule has 16 atom stereocenters. The van der Waals surface area contributed by atoms with Gasteiger partial charge in [-0.05, 0) is 173 Å². The Hall–Kier alpha value is -12.6. The number of aliphatic hydroxyl groups is 1. The second kappa shape index (κ2) is 59.1. The van der Waals surface area contributed by atoms with Crippen LogP contribution in [0.1, 0.15) is 181 Å². The monoisotopic (exact) mass is 1870 g/mol. The largest absolute Gasteiger partial charge is 0.394 e. The molecule has 40 heteroatoms. The van der Waals surface area contributed by atoms with Crippen molar-refractivity contribution < 1.29 is 86.6 Å². The number of unbranched alkanes of at least 4 members (excludes halogenated alkanes) is 4. The maximum absolute atomic E-state index is 15.2. The number of hydrogen-bond donors (Lipinski definition) is 23. The van der Waals surface area contributed by atoms with Crippen molar-refractivity contribution in [2.24, 2.45) is 63.6 Å². The van der Waals surface area contributed by atoms with E-state index in [9.17, 15) is 72.2 Å². The molecule has 0 spiro atoms. The Balaban J connectivity index is 1.41. The van der Waals surface area contributed by atoms with Crippen LogP contribution in [-0.2, 0) is 101 Å². The van der Waals surface area contributed by atoms with Crippen LogP contribution in [0.3, 0.4) is 0 Å². The van der Waals surface area contributed by atoms with E-state index in [2.05, 4.69) is 74.4 Å². The van der Waals surface area contributed by atoms with Gasteiger partial charge in [-0.1, -0.05) is 176 Å². The lowest BCUT2D eigenvalue weighted by atomic mass is 9.96. The molecule has 0 fully saturated rings. The van der Waals surface area contributed by atoms with E-state index in [0.29, 0.717) is 85.4 Å². The second-order valence-corrected chi connectivity index (χ2v) is 34.4. The van der Waals surface area contributed by atoms with Gasteiger partial charge in [-0.15, -0.1) is 0 Å². The quantitative estimate of drug-likeness (QED) is 0.0188. The topological polar surface area (TPSA) is 687 Å². The van der Waals surface area contributed by atoms with E-state index < -0.39 is 223 Å². The average Bonchev–Trinajstić information content (AvgIpc) is 0.818. The number of carbonyl (C=O) groups excluding carboxylic acids is 17. The second-order valence-electron chi connectivity index (χ2n) is 34.4. The van der Waals surface area contributed by atoms with Crippen LogP contribution < -0.4 is 120 Å². The summed E-state index contributed by atoms with van der Waals surface area (Å²) in [5.41, 5.74) is 48.1. The van der Waals surface area contributed by atoms with Crippen molar-refractivity contribution in [3.8, 4) is 0 Å². The van der Waals surface area contributed by atoms with Gasteiger partial charge in [-0.3, -0.25) is 81.5 Å². The van der Waals surface area contributed by atoms with E-state index in [-0.39, 0.29) is 95.7 Å². The number of fused-ring (bicyclic) bond motifs is 2. The predicted molar refractivity (Wildman–Crippen MR) is 506 cm³/mol. The van der Waals surface area contributed by atoms with Crippen LogP contribution >= 0.6 is 0 Å². The Kier molecular flexibility index (Phi) is 49.3. The Morgan fingerprint density at radius 3 is 1.18 bits per heavy atom. The fourth-order valence-electron chi connectivity index (χ4n) is 15.0. The van der Waals surface area contributed by atoms with Crippen LogP contribution in [0.25, 0.3) is 21.5 Å². The minimum Gasteiger partial charge on any atom is -0.394 e. The van der Waals surface area contributed by atoms with Crippen LogP contribution in [-0.4, -0.2) is 229 Å². The van der Waals surface area contributed by atoms with E-state index in [4.69, 9.17) is 45.9 Å². The average molecular weight is 1870 g/mol. The van der Waals surface area contributed by atoms with Gasteiger partial charge in [0, 0.05) is 25.7 Å². The molecule has 0 saturated carbocycles. The molecule has 0 radical (unpaired) electrons. The molecule has 0 aliphatic rings. The highest BCUT2D eigenvalue weighted by molar-refractivity contribution is 6.02. The Morgan fingerprint density at radius 1 is 0.336 bits per heavy atom. The van der Waals surface area contributed by atoms with Gasteiger partial charge in [0.15, 0.2) is 0 Å². The summed E-state index contributed by atoms with van der Waals surface area (Å²) in [6, 6.07) is 13.0. The first-order chi connectivity index (χ1) is 63.9. The first-order valence-corrected chi connectivity index (χ1v) is 46.1. The van der Waals surface area contributed by atoms with Gasteiger partial charge in [-0.2, -0.15) is 0 Å². The summed E-state index contributed by atoms with van der Waals surface area (Å²) >= 11 is 0. The summed E-state index contributed by atoms with van der Waals surface area (Å²) in [4.78, 5) is 240. The van der Waals surface area contributed by atoms with Crippen LogP contribution in [0.4, 0.5) is 0 Å². The highest BCUT2D eigenvalue weighted by atomic mass is 16.3. The number of carbonyl (C=O) groups is 17. The third-order valence-electron chi connectivity index (χ3n) is 23.1. The molecule has 736 valence electrons. The lowest BCUT2D eigenvalue weighted by molar-refractivity contribution is -0.136. The number of hydrogen-bond acceptors (Lipinski definition) is 23. The molecule has 0 aliphatic heterocycles. The summed E-state index contributed by atoms with van der Waals surface area (Å²) < 4.78 is 0. The number of primary amides is 3. The van der Waals surface area contributed by atoms with Crippen molar-refractivity contribution >= 4 is 122 Å². The van der Waals surface area contributed by atoms with E-state index >= 15 is 14.4 Å². The van der Waals surface area contributed by atoms with Gasteiger partial charge < -0.3 is 125 Å². The zero-order valence-electron chi connectivity index (χ0n) is 77.9. The van der Waals surface area contributed by atoms with Gasteiger partial charge in [-0.25, -0.2) is 0 Å². The third-order valence-corrected chi connectivity index (χ3v) is 23.1. The van der Waals surface area contributed by atoms with Gasteiger partial charge in [0.1, 0.15) is 78.5 Å². The summed E-state index contributed by atoms with van der Waals surface area (Å²) in [5, 5.41) is 49.9. The minimum absolute atomic E-state index is 0.0672. The van der Waals surface area contributed by atoms with Crippen molar-refractivity contribution in [3.05, 3.63) is 132 Å². The van der Waals surface area contributed by atoms with E-state index in [1.807, 2.05) is 32.9 Å². The fourth-order valence-corrected chi connectivity index (χ4v) is 15.0. The maximum Gasteiger partial charge on any atom is 0.245 e. The zero-order valence-corrected chi connectivity index (χ0v) is 77.9. The van der Waals surface area contributed by atoms with Crippen LogP contribution in [0.5, 0.6) is 0 Å². The first-order valence-electron chi connectivity index (χ1n) is 46.1. The normalized spacial score (nSPS) is 14.9. The third kappa shape index (κ3) is 38.2. The SMILES string of the molecule is CC[C@H](C)[C@H](NC(=O)[C@H](CO)NC(=O)CNC(=O)[C@H](CCCCN)NC(=O)[C@H](Cc1cccc2ccccc12)NC(=O)[C@H](CCCCN)NC(=O)[C@H](C)NC(=O)[C@H](CCC(N)=O)NC(=O)[C@H](Cc1cccc2ccccc12)NC(=O)[C@H](CC(N)=O)NC(=O)[C@H](Cc1ccccc1)NC(=O)[C@@H](CC(C)C)NC(=O)[C@H](N)CCCCN)C(=O)N[C@H](CCCCN)C(=O)N[C@@H](C(N)=O)[C@@H](C)CC. The fraction of sp³-hybridized carbons (Fsp3) is 0.543. The highest BCUT2D eigenvalue weighted by Crippen LogP contribution is 2.24. The van der Waals surface area contributed by atoms with Gasteiger partial charge in [0.05, 0.1) is 25.6 Å². The van der Waals surface area contributed by atoms with Crippen molar-refractivity contribution in [3.63, 3.8) is 0 Å². The van der Waals surface area contributed by atoms with Gasteiger partial charge in [0.25, 0.3) is 0 Å². The molecule has 134 heavy (non-hydrogen) atoms. The van der Waals surface area contributed by atoms with Gasteiger partial charge in [0.2, 0.25) is 100 Å². The molecule has 0 bridgehead atoms. The number of rotatable bonds is 63. The summed E-state index contributed by atoms with van der Waals surface area (Å²) in [6.07, 6.45) is 1.77. The molecule has 0 heterocycles. The smallest absolute Gasteiger partial charge is 0.245 e. The van der Waals surface area contributed by atoms with E-state index in [1.165, 1.54) is 6.92 Å². The van der Waals surface area contributed by atoms with Crippen LogP contribution in [0.15, 0.2) is 115 Å². The molecule has 5 aromatic carbocycles. The highest BCUT2D eigenvalue weighted by Gasteiger charge is 2.39. The number of nitrogens with one attached hydrogen (secondary N) is 14. The van der Waals surface area contributed by atoms with Crippen LogP contribution in [0, 0.1) is 17.8 Å². The number of amides is 17. The standard InChI is InChI=1S/C94H142N22O18/c1-8-55(5)79(81(102)121)115-87(127)68(40-20-24-46-98)109-94(134)80(56(6)9-2)116-93(133)75(53-117)105-78(120)52-103-84(124)66(38-18-22-44-96)107-90(130)72(49-61-33-25-31-59-29-13-15-35-63(59)61)112-86(126)67(39-19-23-45-97)106-82(122)57(7)104-85(125)69(41-42-76(100)118)108-91(131)73(50-62-34-26-32-60-30-14-16-36-64(60)62)113-92(132)74(51-77(101)119)114-89(129)71(48-58-27-11-10-12-28-58)111-88(128)70(47-54(3)4)110-83(123)65(99)37-17-21-43-95/h10-16,25-36,54-57,65-75,79-80,117H,8-9,17-24,37-53,95-99H2,1-7H3,(H2,100,118)(H2,101,119)(H2,102,121)(H,103,124)(H,104,125)(H,105,120)(H,106,122)(H,107,130)(H,108,131)(H,109,134)(H,110,123)(H,111,128)(H,112,126)(H,113,132)(H,114,129)(H,115,127)(H,116,133)/t55-,56-,57-,65+,66-,67-,68+,69-,70+,71-,72-,73-,74-,75-,79+,80-/m0/s1. The zero-order chi connectivity index (χ0) is 99.1. The molecule has 5 aromatic rings. The van der Waals surface area contributed by atoms with Gasteiger partial charge >= 0.3 is 0 Å². The Morgan fingerprint density at radius 2 is 0.709 bits per heavy atom. The van der Waals surface area contributed by atoms with Crippen molar-refractivity contribution in [1.29, 1.82) is 0 Å².